The third-order valence-electron chi connectivity index (χ3n) is 3.27. The summed E-state index contributed by atoms with van der Waals surface area (Å²) in [6.45, 7) is 3.12. The Labute approximate surface area is 131 Å². The Hall–Kier alpha value is -1.72. The maximum atomic E-state index is 13.2. The van der Waals surface area contributed by atoms with Gasteiger partial charge in [0.25, 0.3) is 0 Å². The molecule has 0 aliphatic rings. The van der Waals surface area contributed by atoms with Crippen molar-refractivity contribution in [2.75, 3.05) is 0 Å². The van der Waals surface area contributed by atoms with Gasteiger partial charge in [0.15, 0.2) is 0 Å². The van der Waals surface area contributed by atoms with Crippen LogP contribution in [0.3, 0.4) is 0 Å². The SMILES string of the molecule is Cc1cc(C(N)=O)ccc1CNCc1cc(F)ccc1Br. The molecule has 0 heterocycles. The molecule has 110 valence electrons. The number of nitrogens with two attached hydrogens (primary N) is 1. The molecule has 1 amide bonds. The molecule has 0 unspecified atom stereocenters. The smallest absolute Gasteiger partial charge is 0.248 e. The fourth-order valence-corrected chi connectivity index (χ4v) is 2.44. The summed E-state index contributed by atoms with van der Waals surface area (Å²) in [7, 11) is 0. The zero-order valence-corrected chi connectivity index (χ0v) is 13.2. The van der Waals surface area contributed by atoms with Crippen molar-refractivity contribution in [3.05, 3.63) is 68.9 Å². The zero-order chi connectivity index (χ0) is 15.4. The number of carbonyl (C=O) groups excluding carboxylic acids is 1. The van der Waals surface area contributed by atoms with Gasteiger partial charge in [-0.2, -0.15) is 0 Å². The molecule has 3 nitrogen and oxygen atoms in total. The molecule has 0 fully saturated rings. The molecule has 21 heavy (non-hydrogen) atoms. The first-order chi connectivity index (χ1) is 9.97. The number of halogens is 2. The largest absolute Gasteiger partial charge is 0.366 e. The first kappa shape index (κ1) is 15.7. The Morgan fingerprint density at radius 1 is 1.19 bits per heavy atom. The number of rotatable bonds is 5. The molecule has 2 aromatic rings. The van der Waals surface area contributed by atoms with Crippen LogP contribution in [0.4, 0.5) is 4.39 Å². The van der Waals surface area contributed by atoms with E-state index in [0.717, 1.165) is 21.2 Å². The molecular weight excluding hydrogens is 335 g/mol. The number of primary amides is 1. The quantitative estimate of drug-likeness (QED) is 0.869. The Kier molecular flexibility index (Phi) is 5.09. The summed E-state index contributed by atoms with van der Waals surface area (Å²) in [5, 5.41) is 3.26. The summed E-state index contributed by atoms with van der Waals surface area (Å²) in [4.78, 5) is 11.1. The van der Waals surface area contributed by atoms with Crippen molar-refractivity contribution in [1.82, 2.24) is 5.32 Å². The molecule has 0 aromatic heterocycles. The van der Waals surface area contributed by atoms with E-state index in [0.29, 0.717) is 18.7 Å². The Morgan fingerprint density at radius 2 is 1.90 bits per heavy atom. The predicted octanol–water partition coefficient (Wildman–Crippen LogP) is 3.29. The summed E-state index contributed by atoms with van der Waals surface area (Å²) >= 11 is 3.40. The highest BCUT2D eigenvalue weighted by molar-refractivity contribution is 9.10. The van der Waals surface area contributed by atoms with Gasteiger partial charge in [0.2, 0.25) is 5.91 Å². The fourth-order valence-electron chi connectivity index (χ4n) is 2.06. The maximum Gasteiger partial charge on any atom is 0.248 e. The highest BCUT2D eigenvalue weighted by atomic mass is 79.9. The number of nitrogens with one attached hydrogen (secondary N) is 1. The lowest BCUT2D eigenvalue weighted by molar-refractivity contribution is 0.1000. The van der Waals surface area contributed by atoms with Gasteiger partial charge < -0.3 is 11.1 Å². The Morgan fingerprint density at radius 3 is 2.57 bits per heavy atom. The van der Waals surface area contributed by atoms with E-state index in [9.17, 15) is 9.18 Å². The molecule has 2 rings (SSSR count). The van der Waals surface area contributed by atoms with E-state index in [1.54, 1.807) is 18.2 Å². The molecule has 0 radical (unpaired) electrons. The van der Waals surface area contributed by atoms with Gasteiger partial charge in [0.05, 0.1) is 0 Å². The van der Waals surface area contributed by atoms with E-state index in [-0.39, 0.29) is 5.82 Å². The lowest BCUT2D eigenvalue weighted by Gasteiger charge is -2.10. The molecule has 0 spiro atoms. The van der Waals surface area contributed by atoms with Crippen LogP contribution in [0.15, 0.2) is 40.9 Å². The second kappa shape index (κ2) is 6.83. The first-order valence-electron chi connectivity index (χ1n) is 6.51. The van der Waals surface area contributed by atoms with Crippen molar-refractivity contribution < 1.29 is 9.18 Å². The fraction of sp³-hybridized carbons (Fsp3) is 0.188. The highest BCUT2D eigenvalue weighted by Crippen LogP contribution is 2.18. The van der Waals surface area contributed by atoms with E-state index in [1.807, 2.05) is 13.0 Å². The normalized spacial score (nSPS) is 10.6. The molecule has 0 saturated heterocycles. The van der Waals surface area contributed by atoms with E-state index in [1.165, 1.54) is 12.1 Å². The predicted molar refractivity (Wildman–Crippen MR) is 84.3 cm³/mol. The van der Waals surface area contributed by atoms with Crippen molar-refractivity contribution in [3.8, 4) is 0 Å². The van der Waals surface area contributed by atoms with Crippen LogP contribution < -0.4 is 11.1 Å². The second-order valence-electron chi connectivity index (χ2n) is 4.84. The van der Waals surface area contributed by atoms with E-state index in [2.05, 4.69) is 21.2 Å². The second-order valence-corrected chi connectivity index (χ2v) is 5.70. The summed E-state index contributed by atoms with van der Waals surface area (Å²) in [5.41, 5.74) is 8.68. The molecular formula is C16H16BrFN2O. The van der Waals surface area contributed by atoms with Gasteiger partial charge in [-0.3, -0.25) is 4.79 Å². The lowest BCUT2D eigenvalue weighted by atomic mass is 10.0. The number of hydrogen-bond donors (Lipinski definition) is 2. The average molecular weight is 351 g/mol. The summed E-state index contributed by atoms with van der Waals surface area (Å²) in [5.74, 6) is -0.682. The molecule has 0 atom stereocenters. The maximum absolute atomic E-state index is 13.2. The molecule has 0 aliphatic carbocycles. The van der Waals surface area contributed by atoms with Gasteiger partial charge in [0.1, 0.15) is 5.82 Å². The number of hydrogen-bond acceptors (Lipinski definition) is 2. The summed E-state index contributed by atoms with van der Waals surface area (Å²) < 4.78 is 14.1. The average Bonchev–Trinajstić information content (AvgIpc) is 2.44. The number of amides is 1. The molecule has 0 saturated carbocycles. The first-order valence-corrected chi connectivity index (χ1v) is 7.30. The van der Waals surface area contributed by atoms with E-state index in [4.69, 9.17) is 5.73 Å². The third-order valence-corrected chi connectivity index (χ3v) is 4.04. The molecule has 0 aliphatic heterocycles. The van der Waals surface area contributed by atoms with Gasteiger partial charge >= 0.3 is 0 Å². The van der Waals surface area contributed by atoms with Gasteiger partial charge in [0, 0.05) is 23.1 Å². The topological polar surface area (TPSA) is 55.1 Å². The number of benzene rings is 2. The van der Waals surface area contributed by atoms with Crippen LogP contribution in [0.5, 0.6) is 0 Å². The Bertz CT molecular complexity index is 673. The van der Waals surface area contributed by atoms with Gasteiger partial charge in [-0.1, -0.05) is 22.0 Å². The standard InChI is InChI=1S/C16H16BrFN2O/c1-10-6-11(16(19)21)2-3-12(10)8-20-9-13-7-14(18)4-5-15(13)17/h2-7,20H,8-9H2,1H3,(H2,19,21). The van der Waals surface area contributed by atoms with Crippen LogP contribution in [-0.2, 0) is 13.1 Å². The van der Waals surface area contributed by atoms with E-state index < -0.39 is 5.91 Å². The lowest BCUT2D eigenvalue weighted by Crippen LogP contribution is -2.15. The third kappa shape index (κ3) is 4.12. The van der Waals surface area contributed by atoms with E-state index >= 15 is 0 Å². The molecule has 3 N–H and O–H groups in total. The van der Waals surface area contributed by atoms with Gasteiger partial charge in [-0.05, 0) is 53.9 Å². The Balaban J connectivity index is 2.00. The van der Waals surface area contributed by atoms with Crippen molar-refractivity contribution in [2.24, 2.45) is 5.73 Å². The van der Waals surface area contributed by atoms with Crippen LogP contribution in [0.2, 0.25) is 0 Å². The molecule has 5 heteroatoms. The van der Waals surface area contributed by atoms with Gasteiger partial charge in [-0.15, -0.1) is 0 Å². The molecule has 2 aromatic carbocycles. The minimum Gasteiger partial charge on any atom is -0.366 e. The van der Waals surface area contributed by atoms with Gasteiger partial charge in [-0.25, -0.2) is 4.39 Å². The van der Waals surface area contributed by atoms with Crippen LogP contribution in [0.25, 0.3) is 0 Å². The summed E-state index contributed by atoms with van der Waals surface area (Å²) in [6.07, 6.45) is 0. The minimum absolute atomic E-state index is 0.253. The number of aryl methyl sites for hydroxylation is 1. The van der Waals surface area contributed by atoms with Crippen LogP contribution in [0, 0.1) is 12.7 Å². The van der Waals surface area contributed by atoms with Crippen molar-refractivity contribution >= 4 is 21.8 Å². The minimum atomic E-state index is -0.429. The van der Waals surface area contributed by atoms with Crippen LogP contribution >= 0.6 is 15.9 Å². The zero-order valence-electron chi connectivity index (χ0n) is 11.6. The van der Waals surface area contributed by atoms with Crippen molar-refractivity contribution in [1.29, 1.82) is 0 Å². The monoisotopic (exact) mass is 350 g/mol. The van der Waals surface area contributed by atoms with Crippen LogP contribution in [0.1, 0.15) is 27.0 Å². The molecule has 0 bridgehead atoms. The van der Waals surface area contributed by atoms with Crippen molar-refractivity contribution in [2.45, 2.75) is 20.0 Å². The van der Waals surface area contributed by atoms with Crippen LogP contribution in [-0.4, -0.2) is 5.91 Å². The number of carbonyl (C=O) groups is 1. The van der Waals surface area contributed by atoms with Crippen molar-refractivity contribution in [3.63, 3.8) is 0 Å². The highest BCUT2D eigenvalue weighted by Gasteiger charge is 2.05. The summed E-state index contributed by atoms with van der Waals surface area (Å²) in [6, 6.07) is 9.98.